The Labute approximate surface area is 104 Å². The lowest BCUT2D eigenvalue weighted by Gasteiger charge is -2.18. The molecule has 0 saturated carbocycles. The van der Waals surface area contributed by atoms with Gasteiger partial charge < -0.3 is 5.73 Å². The van der Waals surface area contributed by atoms with E-state index in [1.165, 1.54) is 0 Å². The summed E-state index contributed by atoms with van der Waals surface area (Å²) in [6, 6.07) is 7.57. The molecule has 0 amide bonds. The van der Waals surface area contributed by atoms with Gasteiger partial charge in [0, 0.05) is 17.0 Å². The molecule has 1 aliphatic heterocycles. The third-order valence-corrected chi connectivity index (χ3v) is 3.23. The van der Waals surface area contributed by atoms with Gasteiger partial charge in [-0.1, -0.05) is 23.7 Å². The van der Waals surface area contributed by atoms with E-state index in [1.54, 1.807) is 0 Å². The fourth-order valence-corrected chi connectivity index (χ4v) is 2.32. The van der Waals surface area contributed by atoms with Crippen molar-refractivity contribution in [1.29, 1.82) is 0 Å². The van der Waals surface area contributed by atoms with Crippen molar-refractivity contribution in [2.75, 3.05) is 0 Å². The van der Waals surface area contributed by atoms with E-state index in [2.05, 4.69) is 10.1 Å². The van der Waals surface area contributed by atoms with Crippen LogP contribution in [0.5, 0.6) is 0 Å². The van der Waals surface area contributed by atoms with Gasteiger partial charge in [-0.3, -0.25) is 0 Å². The molecule has 0 fully saturated rings. The number of nitrogens with zero attached hydrogens (tertiary/aromatic N) is 3. The van der Waals surface area contributed by atoms with Crippen molar-refractivity contribution >= 4 is 11.6 Å². The first-order valence-electron chi connectivity index (χ1n) is 5.71. The summed E-state index contributed by atoms with van der Waals surface area (Å²) >= 11 is 5.96. The smallest absolute Gasteiger partial charge is 0.181 e. The third-order valence-electron chi connectivity index (χ3n) is 3.00. The van der Waals surface area contributed by atoms with E-state index in [1.807, 2.05) is 28.9 Å². The molecular weight excluding hydrogens is 236 g/mol. The average molecular weight is 249 g/mol. The van der Waals surface area contributed by atoms with Crippen molar-refractivity contribution < 1.29 is 0 Å². The maximum absolute atomic E-state index is 6.00. The van der Waals surface area contributed by atoms with Crippen LogP contribution in [0.15, 0.2) is 24.3 Å². The highest BCUT2D eigenvalue weighted by Crippen LogP contribution is 2.24. The lowest BCUT2D eigenvalue weighted by molar-refractivity contribution is 0.373. The molecule has 0 aliphatic carbocycles. The molecule has 0 radical (unpaired) electrons. The molecule has 2 aromatic rings. The second kappa shape index (κ2) is 4.13. The summed E-state index contributed by atoms with van der Waals surface area (Å²) in [6.45, 7) is 0. The zero-order valence-electron chi connectivity index (χ0n) is 9.31. The predicted molar refractivity (Wildman–Crippen MR) is 66.6 cm³/mol. The Kier molecular flexibility index (Phi) is 2.61. The lowest BCUT2D eigenvalue weighted by atomic mass is 10.1. The predicted octanol–water partition coefficient (Wildman–Crippen LogP) is 2.39. The van der Waals surface area contributed by atoms with Crippen LogP contribution in [-0.4, -0.2) is 14.8 Å². The van der Waals surface area contributed by atoms with Gasteiger partial charge in [0.1, 0.15) is 12.0 Å². The van der Waals surface area contributed by atoms with Crippen LogP contribution >= 0.6 is 11.6 Å². The minimum atomic E-state index is -0.0424. The normalized spacial score (nSPS) is 19.1. The molecule has 88 valence electrons. The van der Waals surface area contributed by atoms with Crippen LogP contribution < -0.4 is 5.73 Å². The van der Waals surface area contributed by atoms with Gasteiger partial charge in [-0.25, -0.2) is 9.67 Å². The van der Waals surface area contributed by atoms with E-state index in [-0.39, 0.29) is 6.17 Å². The van der Waals surface area contributed by atoms with Crippen molar-refractivity contribution in [3.8, 4) is 11.4 Å². The van der Waals surface area contributed by atoms with Crippen molar-refractivity contribution in [2.24, 2.45) is 5.73 Å². The molecule has 1 aromatic carbocycles. The van der Waals surface area contributed by atoms with Crippen LogP contribution in [0, 0.1) is 0 Å². The van der Waals surface area contributed by atoms with E-state index >= 15 is 0 Å². The van der Waals surface area contributed by atoms with E-state index in [0.717, 1.165) is 30.7 Å². The summed E-state index contributed by atoms with van der Waals surface area (Å²) in [5, 5.41) is 5.16. The Morgan fingerprint density at radius 3 is 3.06 bits per heavy atom. The number of hydrogen-bond acceptors (Lipinski definition) is 3. The first-order valence-corrected chi connectivity index (χ1v) is 6.09. The number of fused-ring (bicyclic) bond motifs is 1. The molecule has 4 nitrogen and oxygen atoms in total. The quantitative estimate of drug-likeness (QED) is 0.843. The fraction of sp³-hybridized carbons (Fsp3) is 0.333. The van der Waals surface area contributed by atoms with Gasteiger partial charge in [0.15, 0.2) is 5.82 Å². The number of benzene rings is 1. The molecule has 2 heterocycles. The maximum atomic E-state index is 6.00. The first kappa shape index (κ1) is 10.7. The van der Waals surface area contributed by atoms with Gasteiger partial charge in [0.05, 0.1) is 0 Å². The van der Waals surface area contributed by atoms with E-state index in [0.29, 0.717) is 10.8 Å². The van der Waals surface area contributed by atoms with Crippen LogP contribution in [-0.2, 0) is 6.42 Å². The molecule has 1 atom stereocenters. The van der Waals surface area contributed by atoms with Crippen molar-refractivity contribution in [3.05, 3.63) is 35.1 Å². The van der Waals surface area contributed by atoms with Crippen molar-refractivity contribution in [2.45, 2.75) is 25.4 Å². The summed E-state index contributed by atoms with van der Waals surface area (Å²) in [5.41, 5.74) is 6.94. The molecule has 3 rings (SSSR count). The SMILES string of the molecule is NC1CCCc2nc(-c3cccc(Cl)c3)nn21. The van der Waals surface area contributed by atoms with Gasteiger partial charge >= 0.3 is 0 Å². The molecule has 0 bridgehead atoms. The van der Waals surface area contributed by atoms with Gasteiger partial charge in [0.25, 0.3) is 0 Å². The van der Waals surface area contributed by atoms with Crippen LogP contribution in [0.25, 0.3) is 11.4 Å². The second-order valence-corrected chi connectivity index (χ2v) is 4.70. The van der Waals surface area contributed by atoms with Crippen molar-refractivity contribution in [1.82, 2.24) is 14.8 Å². The third kappa shape index (κ3) is 1.94. The molecule has 2 N–H and O–H groups in total. The summed E-state index contributed by atoms with van der Waals surface area (Å²) < 4.78 is 1.83. The highest BCUT2D eigenvalue weighted by molar-refractivity contribution is 6.30. The van der Waals surface area contributed by atoms with Crippen molar-refractivity contribution in [3.63, 3.8) is 0 Å². The molecule has 0 saturated heterocycles. The first-order chi connectivity index (χ1) is 8.24. The number of halogens is 1. The monoisotopic (exact) mass is 248 g/mol. The van der Waals surface area contributed by atoms with E-state index in [9.17, 15) is 0 Å². The molecule has 17 heavy (non-hydrogen) atoms. The molecular formula is C12H13ClN4. The topological polar surface area (TPSA) is 56.7 Å². The van der Waals surface area contributed by atoms with E-state index < -0.39 is 0 Å². The number of nitrogens with two attached hydrogens (primary N) is 1. The Morgan fingerprint density at radius 2 is 2.29 bits per heavy atom. The number of aryl methyl sites for hydroxylation is 1. The molecule has 5 heteroatoms. The minimum absolute atomic E-state index is 0.0424. The number of rotatable bonds is 1. The second-order valence-electron chi connectivity index (χ2n) is 4.27. The highest BCUT2D eigenvalue weighted by Gasteiger charge is 2.20. The summed E-state index contributed by atoms with van der Waals surface area (Å²) in [4.78, 5) is 4.53. The van der Waals surface area contributed by atoms with Gasteiger partial charge in [-0.2, -0.15) is 0 Å². The van der Waals surface area contributed by atoms with Crippen LogP contribution in [0.3, 0.4) is 0 Å². The zero-order valence-corrected chi connectivity index (χ0v) is 10.1. The van der Waals surface area contributed by atoms with E-state index in [4.69, 9.17) is 17.3 Å². The summed E-state index contributed by atoms with van der Waals surface area (Å²) in [7, 11) is 0. The Morgan fingerprint density at radius 1 is 1.41 bits per heavy atom. The van der Waals surface area contributed by atoms with Gasteiger partial charge in [-0.05, 0) is 25.0 Å². The average Bonchev–Trinajstić information content (AvgIpc) is 2.74. The molecule has 1 unspecified atom stereocenters. The Bertz CT molecular complexity index is 549. The standard InChI is InChI=1S/C12H13ClN4/c13-9-4-1-3-8(7-9)12-15-11-6-2-5-10(14)17(11)16-12/h1,3-4,7,10H,2,5-6,14H2. The largest absolute Gasteiger partial charge is 0.310 e. The van der Waals surface area contributed by atoms with Gasteiger partial charge in [-0.15, -0.1) is 5.10 Å². The lowest BCUT2D eigenvalue weighted by Crippen LogP contribution is -2.25. The molecule has 1 aromatic heterocycles. The van der Waals surface area contributed by atoms with Crippen LogP contribution in [0.4, 0.5) is 0 Å². The number of aromatic nitrogens is 3. The summed E-state index contributed by atoms with van der Waals surface area (Å²) in [6.07, 6.45) is 2.95. The number of hydrogen-bond donors (Lipinski definition) is 1. The van der Waals surface area contributed by atoms with Crippen LogP contribution in [0.1, 0.15) is 24.8 Å². The zero-order chi connectivity index (χ0) is 11.8. The minimum Gasteiger partial charge on any atom is -0.310 e. The van der Waals surface area contributed by atoms with Crippen LogP contribution in [0.2, 0.25) is 5.02 Å². The Hall–Kier alpha value is -1.39. The fourth-order valence-electron chi connectivity index (χ4n) is 2.13. The Balaban J connectivity index is 2.05. The highest BCUT2D eigenvalue weighted by atomic mass is 35.5. The molecule has 1 aliphatic rings. The maximum Gasteiger partial charge on any atom is 0.181 e. The summed E-state index contributed by atoms with van der Waals surface area (Å²) in [5.74, 6) is 1.68. The van der Waals surface area contributed by atoms with Gasteiger partial charge in [0.2, 0.25) is 0 Å². The molecule has 0 spiro atoms.